The summed E-state index contributed by atoms with van der Waals surface area (Å²) in [5.74, 6) is 2.16. The Labute approximate surface area is 170 Å². The van der Waals surface area contributed by atoms with Crippen LogP contribution >= 0.6 is 0 Å². The molecule has 4 rings (SSSR count). The zero-order valence-electron chi connectivity index (χ0n) is 16.0. The van der Waals surface area contributed by atoms with E-state index in [1.54, 1.807) is 18.2 Å². The molecule has 144 valence electrons. The van der Waals surface area contributed by atoms with E-state index in [9.17, 15) is 10.2 Å². The number of phenolic OH excluding ortho intramolecular Hbond substituents is 2. The minimum absolute atomic E-state index is 0.282. The molecule has 0 radical (unpaired) electrons. The monoisotopic (exact) mass is 382 g/mol. The molecule has 0 saturated carbocycles. The van der Waals surface area contributed by atoms with Gasteiger partial charge in [-0.2, -0.15) is 0 Å². The molecule has 0 aromatic heterocycles. The highest BCUT2D eigenvalue weighted by Crippen LogP contribution is 2.25. The van der Waals surface area contributed by atoms with Gasteiger partial charge in [0.1, 0.15) is 23.0 Å². The third-order valence-corrected chi connectivity index (χ3v) is 4.81. The predicted molar refractivity (Wildman–Crippen MR) is 115 cm³/mol. The van der Waals surface area contributed by atoms with Crippen molar-refractivity contribution in [2.75, 3.05) is 0 Å². The van der Waals surface area contributed by atoms with E-state index in [1.807, 2.05) is 66.7 Å². The minimum Gasteiger partial charge on any atom is -0.508 e. The first-order valence-corrected chi connectivity index (χ1v) is 9.56. The molecule has 4 aromatic rings. The zero-order valence-corrected chi connectivity index (χ0v) is 16.0. The van der Waals surface area contributed by atoms with Gasteiger partial charge in [-0.15, -0.1) is 0 Å². The second-order valence-corrected chi connectivity index (χ2v) is 7.04. The van der Waals surface area contributed by atoms with E-state index >= 15 is 0 Å². The van der Waals surface area contributed by atoms with Crippen molar-refractivity contribution in [2.24, 2.45) is 0 Å². The zero-order chi connectivity index (χ0) is 20.1. The van der Waals surface area contributed by atoms with Gasteiger partial charge in [-0.05, 0) is 71.1 Å². The molecule has 0 atom stereocenters. The Bertz CT molecular complexity index is 1070. The highest BCUT2D eigenvalue weighted by Gasteiger charge is 2.03. The summed E-state index contributed by atoms with van der Waals surface area (Å²) in [4.78, 5) is 0. The molecule has 0 saturated heterocycles. The van der Waals surface area contributed by atoms with Gasteiger partial charge in [-0.25, -0.2) is 0 Å². The van der Waals surface area contributed by atoms with Crippen molar-refractivity contribution in [3.05, 3.63) is 119 Å². The van der Waals surface area contributed by atoms with Crippen LogP contribution in [0.2, 0.25) is 0 Å². The van der Waals surface area contributed by atoms with Gasteiger partial charge in [0.15, 0.2) is 0 Å². The molecule has 0 heterocycles. The molecule has 3 nitrogen and oxygen atoms in total. The van der Waals surface area contributed by atoms with Gasteiger partial charge in [-0.1, -0.05) is 54.6 Å². The standard InChI is InChI=1S/C26H22O3/c27-23-11-5-19(6-12-23)17-20-7-13-24(14-8-20)29-25-15-9-21(10-16-25)18-22-3-1-2-4-26(22)28/h1-16,27-28H,17-18H2. The van der Waals surface area contributed by atoms with Crippen LogP contribution in [0.15, 0.2) is 97.1 Å². The number of benzene rings is 4. The third-order valence-electron chi connectivity index (χ3n) is 4.81. The van der Waals surface area contributed by atoms with Crippen LogP contribution in [0.1, 0.15) is 22.3 Å². The van der Waals surface area contributed by atoms with Crippen molar-refractivity contribution in [1.82, 2.24) is 0 Å². The van der Waals surface area contributed by atoms with Gasteiger partial charge in [0.2, 0.25) is 0 Å². The normalized spacial score (nSPS) is 10.6. The summed E-state index contributed by atoms with van der Waals surface area (Å²) in [6.07, 6.45) is 1.49. The van der Waals surface area contributed by atoms with Gasteiger partial charge >= 0.3 is 0 Å². The van der Waals surface area contributed by atoms with Crippen LogP contribution in [-0.2, 0) is 12.8 Å². The first-order valence-electron chi connectivity index (χ1n) is 9.56. The van der Waals surface area contributed by atoms with E-state index in [1.165, 1.54) is 5.56 Å². The van der Waals surface area contributed by atoms with Crippen molar-refractivity contribution in [3.8, 4) is 23.0 Å². The maximum atomic E-state index is 9.91. The van der Waals surface area contributed by atoms with E-state index in [0.29, 0.717) is 12.2 Å². The van der Waals surface area contributed by atoms with E-state index in [2.05, 4.69) is 12.1 Å². The molecular weight excluding hydrogens is 360 g/mol. The molecule has 0 fully saturated rings. The van der Waals surface area contributed by atoms with E-state index in [0.717, 1.165) is 34.6 Å². The van der Waals surface area contributed by atoms with Crippen LogP contribution in [-0.4, -0.2) is 10.2 Å². The van der Waals surface area contributed by atoms with Gasteiger partial charge < -0.3 is 14.9 Å². The Balaban J connectivity index is 1.37. The molecular formula is C26H22O3. The highest BCUT2D eigenvalue weighted by molar-refractivity contribution is 5.40. The number of hydrogen-bond donors (Lipinski definition) is 2. The smallest absolute Gasteiger partial charge is 0.127 e. The molecule has 0 spiro atoms. The molecule has 4 aromatic carbocycles. The summed E-state index contributed by atoms with van der Waals surface area (Å²) in [5, 5.41) is 19.3. The maximum absolute atomic E-state index is 9.91. The van der Waals surface area contributed by atoms with Crippen molar-refractivity contribution in [1.29, 1.82) is 0 Å². The number of aromatic hydroxyl groups is 2. The van der Waals surface area contributed by atoms with Gasteiger partial charge in [0.25, 0.3) is 0 Å². The molecule has 2 N–H and O–H groups in total. The molecule has 0 aliphatic heterocycles. The second kappa shape index (κ2) is 8.53. The number of para-hydroxylation sites is 1. The average Bonchev–Trinajstić information content (AvgIpc) is 2.74. The Morgan fingerprint density at radius 2 is 1.00 bits per heavy atom. The first kappa shape index (κ1) is 18.6. The lowest BCUT2D eigenvalue weighted by atomic mass is 10.0. The molecule has 29 heavy (non-hydrogen) atoms. The Morgan fingerprint density at radius 1 is 0.517 bits per heavy atom. The highest BCUT2D eigenvalue weighted by atomic mass is 16.5. The fourth-order valence-corrected chi connectivity index (χ4v) is 3.22. The summed E-state index contributed by atoms with van der Waals surface area (Å²) < 4.78 is 5.95. The van der Waals surface area contributed by atoms with Crippen LogP contribution < -0.4 is 4.74 Å². The number of phenols is 2. The molecule has 0 amide bonds. The lowest BCUT2D eigenvalue weighted by Crippen LogP contribution is -1.91. The molecule has 0 bridgehead atoms. The third kappa shape index (κ3) is 4.96. The van der Waals surface area contributed by atoms with Gasteiger partial charge in [-0.3, -0.25) is 0 Å². The molecule has 3 heteroatoms. The average molecular weight is 382 g/mol. The lowest BCUT2D eigenvalue weighted by molar-refractivity contribution is 0.469. The fraction of sp³-hybridized carbons (Fsp3) is 0.0769. The quantitative estimate of drug-likeness (QED) is 0.425. The summed E-state index contributed by atoms with van der Waals surface area (Å²) in [6.45, 7) is 0. The van der Waals surface area contributed by atoms with Crippen LogP contribution in [0, 0.1) is 0 Å². The topological polar surface area (TPSA) is 49.7 Å². The van der Waals surface area contributed by atoms with Crippen molar-refractivity contribution in [3.63, 3.8) is 0 Å². The van der Waals surface area contributed by atoms with Crippen LogP contribution in [0.4, 0.5) is 0 Å². The Kier molecular flexibility index (Phi) is 5.48. The van der Waals surface area contributed by atoms with Crippen LogP contribution in [0.25, 0.3) is 0 Å². The van der Waals surface area contributed by atoms with Gasteiger partial charge in [0, 0.05) is 6.42 Å². The summed E-state index contributed by atoms with van der Waals surface area (Å²) >= 11 is 0. The largest absolute Gasteiger partial charge is 0.508 e. The lowest BCUT2D eigenvalue weighted by Gasteiger charge is -2.09. The molecule has 0 aliphatic rings. The molecule has 0 aliphatic carbocycles. The molecule has 0 unspecified atom stereocenters. The summed E-state index contributed by atoms with van der Waals surface area (Å²) in [6, 6.07) is 30.6. The van der Waals surface area contributed by atoms with Crippen molar-refractivity contribution >= 4 is 0 Å². The van der Waals surface area contributed by atoms with Crippen molar-refractivity contribution in [2.45, 2.75) is 12.8 Å². The first-order chi connectivity index (χ1) is 14.2. The number of hydrogen-bond acceptors (Lipinski definition) is 3. The number of ether oxygens (including phenoxy) is 1. The SMILES string of the molecule is Oc1ccc(Cc2ccc(Oc3ccc(Cc4ccccc4O)cc3)cc2)cc1. The van der Waals surface area contributed by atoms with Crippen LogP contribution in [0.5, 0.6) is 23.0 Å². The minimum atomic E-state index is 0.282. The number of rotatable bonds is 6. The Hall–Kier alpha value is -3.72. The van der Waals surface area contributed by atoms with Crippen LogP contribution in [0.3, 0.4) is 0 Å². The van der Waals surface area contributed by atoms with E-state index in [-0.39, 0.29) is 5.75 Å². The van der Waals surface area contributed by atoms with E-state index < -0.39 is 0 Å². The van der Waals surface area contributed by atoms with Gasteiger partial charge in [0.05, 0.1) is 0 Å². The Morgan fingerprint density at radius 3 is 1.55 bits per heavy atom. The maximum Gasteiger partial charge on any atom is 0.127 e. The van der Waals surface area contributed by atoms with Crippen molar-refractivity contribution < 1.29 is 14.9 Å². The summed E-state index contributed by atoms with van der Waals surface area (Å²) in [5.41, 5.74) is 4.35. The predicted octanol–water partition coefficient (Wildman–Crippen LogP) is 6.07. The second-order valence-electron chi connectivity index (χ2n) is 7.04. The fourth-order valence-electron chi connectivity index (χ4n) is 3.22. The van der Waals surface area contributed by atoms with E-state index in [4.69, 9.17) is 4.74 Å². The summed E-state index contributed by atoms with van der Waals surface area (Å²) in [7, 11) is 0.